The third-order valence-corrected chi connectivity index (χ3v) is 5.93. The number of nitrogens with one attached hydrogen (secondary N) is 2. The molecular formula is C20H29N5O. The van der Waals surface area contributed by atoms with Gasteiger partial charge in [-0.2, -0.15) is 5.10 Å². The maximum atomic E-state index is 12.7. The van der Waals surface area contributed by atoms with Gasteiger partial charge in [0.2, 0.25) is 0 Å². The number of benzene rings is 1. The summed E-state index contributed by atoms with van der Waals surface area (Å²) in [5.74, 6) is 1.44. The molecule has 6 nitrogen and oxygen atoms in total. The number of aryl methyl sites for hydroxylation is 1. The summed E-state index contributed by atoms with van der Waals surface area (Å²) >= 11 is 0. The summed E-state index contributed by atoms with van der Waals surface area (Å²) in [5, 5.41) is 12.1. The fourth-order valence-corrected chi connectivity index (χ4v) is 4.48. The van der Waals surface area contributed by atoms with Crippen molar-refractivity contribution in [3.63, 3.8) is 0 Å². The highest BCUT2D eigenvalue weighted by atomic mass is 16.2. The molecule has 2 N–H and O–H groups in total. The van der Waals surface area contributed by atoms with Gasteiger partial charge in [-0.05, 0) is 62.2 Å². The average Bonchev–Trinajstić information content (AvgIpc) is 3.06. The monoisotopic (exact) mass is 355 g/mol. The lowest BCUT2D eigenvalue weighted by molar-refractivity contribution is 0.128. The van der Waals surface area contributed by atoms with Gasteiger partial charge >= 0.3 is 6.03 Å². The van der Waals surface area contributed by atoms with Crippen LogP contribution in [0.3, 0.4) is 0 Å². The molecule has 140 valence electrons. The third kappa shape index (κ3) is 3.85. The van der Waals surface area contributed by atoms with E-state index < -0.39 is 0 Å². The van der Waals surface area contributed by atoms with E-state index in [9.17, 15) is 4.79 Å². The number of hydrogen-bond acceptors (Lipinski definition) is 3. The number of carbonyl (C=O) groups excluding carboxylic acids is 1. The average molecular weight is 355 g/mol. The van der Waals surface area contributed by atoms with Gasteiger partial charge in [-0.25, -0.2) is 4.79 Å². The normalized spacial score (nSPS) is 21.9. The Balaban J connectivity index is 1.33. The van der Waals surface area contributed by atoms with Crippen LogP contribution in [0.4, 0.5) is 4.79 Å². The zero-order chi connectivity index (χ0) is 17.9. The highest BCUT2D eigenvalue weighted by molar-refractivity contribution is 5.79. The lowest BCUT2D eigenvalue weighted by Gasteiger charge is -2.38. The zero-order valence-corrected chi connectivity index (χ0v) is 15.6. The Morgan fingerprint density at radius 3 is 2.96 bits per heavy atom. The number of piperidine rings is 2. The summed E-state index contributed by atoms with van der Waals surface area (Å²) in [6.07, 6.45) is 6.91. The molecule has 2 saturated heterocycles. The largest absolute Gasteiger partial charge is 0.334 e. The first-order valence-corrected chi connectivity index (χ1v) is 9.85. The van der Waals surface area contributed by atoms with Gasteiger partial charge in [0.1, 0.15) is 0 Å². The highest BCUT2D eigenvalue weighted by Gasteiger charge is 2.30. The SMILES string of the molecule is Cn1cc2ccc(CNC(=O)N3CCCC(C4CCNCC4)C3)cc2n1. The van der Waals surface area contributed by atoms with Crippen LogP contribution >= 0.6 is 0 Å². The van der Waals surface area contributed by atoms with Crippen molar-refractivity contribution in [2.45, 2.75) is 32.2 Å². The summed E-state index contributed by atoms with van der Waals surface area (Å²) in [4.78, 5) is 14.7. The maximum Gasteiger partial charge on any atom is 0.317 e. The number of amides is 2. The Labute approximate surface area is 154 Å². The number of rotatable bonds is 3. The first kappa shape index (κ1) is 17.3. The summed E-state index contributed by atoms with van der Waals surface area (Å²) in [7, 11) is 1.93. The third-order valence-electron chi connectivity index (χ3n) is 5.93. The molecule has 0 radical (unpaired) electrons. The van der Waals surface area contributed by atoms with E-state index in [2.05, 4.69) is 33.9 Å². The Kier molecular flexibility index (Phi) is 5.11. The zero-order valence-electron chi connectivity index (χ0n) is 15.6. The van der Waals surface area contributed by atoms with E-state index in [0.717, 1.165) is 55.0 Å². The summed E-state index contributed by atoms with van der Waals surface area (Å²) in [6.45, 7) is 4.61. The van der Waals surface area contributed by atoms with E-state index in [4.69, 9.17) is 0 Å². The Bertz CT molecular complexity index is 765. The fourth-order valence-electron chi connectivity index (χ4n) is 4.48. The van der Waals surface area contributed by atoms with Gasteiger partial charge in [0.05, 0.1) is 5.52 Å². The van der Waals surface area contributed by atoms with Crippen LogP contribution in [0.25, 0.3) is 10.9 Å². The van der Waals surface area contributed by atoms with Crippen molar-refractivity contribution in [2.75, 3.05) is 26.2 Å². The second-order valence-corrected chi connectivity index (χ2v) is 7.79. The van der Waals surface area contributed by atoms with Crippen molar-refractivity contribution >= 4 is 16.9 Å². The minimum absolute atomic E-state index is 0.0738. The standard InChI is InChI=1S/C20H29N5O/c1-24-13-18-5-4-15(11-19(18)23-24)12-22-20(26)25-10-2-3-17(14-25)16-6-8-21-9-7-16/h4-5,11,13,16-17,21H,2-3,6-10,12,14H2,1H3,(H,22,26). The Morgan fingerprint density at radius 2 is 2.12 bits per heavy atom. The van der Waals surface area contributed by atoms with E-state index in [1.807, 2.05) is 22.8 Å². The first-order chi connectivity index (χ1) is 12.7. The van der Waals surface area contributed by atoms with Crippen molar-refractivity contribution < 1.29 is 4.79 Å². The summed E-state index contributed by atoms with van der Waals surface area (Å²) in [5.41, 5.74) is 2.07. The van der Waals surface area contributed by atoms with Crippen molar-refractivity contribution in [1.29, 1.82) is 0 Å². The van der Waals surface area contributed by atoms with Gasteiger partial charge in [-0.15, -0.1) is 0 Å². The van der Waals surface area contributed by atoms with Gasteiger partial charge < -0.3 is 15.5 Å². The van der Waals surface area contributed by atoms with E-state index in [-0.39, 0.29) is 6.03 Å². The molecule has 6 heteroatoms. The van der Waals surface area contributed by atoms with Crippen molar-refractivity contribution in [1.82, 2.24) is 25.3 Å². The highest BCUT2D eigenvalue weighted by Crippen LogP contribution is 2.29. The van der Waals surface area contributed by atoms with Crippen LogP contribution in [0.15, 0.2) is 24.4 Å². The number of carbonyl (C=O) groups is 1. The predicted molar refractivity (Wildman–Crippen MR) is 103 cm³/mol. The molecule has 1 aromatic heterocycles. The van der Waals surface area contributed by atoms with Crippen LogP contribution in [0, 0.1) is 11.8 Å². The molecule has 2 aliphatic rings. The molecule has 1 aromatic carbocycles. The minimum atomic E-state index is 0.0738. The van der Waals surface area contributed by atoms with Crippen molar-refractivity contribution in [3.8, 4) is 0 Å². The number of aromatic nitrogens is 2. The molecular weight excluding hydrogens is 326 g/mol. The van der Waals surface area contributed by atoms with E-state index in [1.165, 1.54) is 19.3 Å². The summed E-state index contributed by atoms with van der Waals surface area (Å²) < 4.78 is 1.82. The van der Waals surface area contributed by atoms with Crippen LogP contribution in [-0.4, -0.2) is 46.9 Å². The van der Waals surface area contributed by atoms with Crippen molar-refractivity contribution in [2.24, 2.45) is 18.9 Å². The van der Waals surface area contributed by atoms with Gasteiger partial charge in [-0.1, -0.05) is 12.1 Å². The van der Waals surface area contributed by atoms with E-state index in [1.54, 1.807) is 0 Å². The fraction of sp³-hybridized carbons (Fsp3) is 0.600. The first-order valence-electron chi connectivity index (χ1n) is 9.85. The van der Waals surface area contributed by atoms with Gasteiger partial charge in [0.15, 0.2) is 0 Å². The molecule has 4 rings (SSSR count). The van der Waals surface area contributed by atoms with E-state index >= 15 is 0 Å². The van der Waals surface area contributed by atoms with Gasteiger partial charge in [0.25, 0.3) is 0 Å². The molecule has 0 saturated carbocycles. The van der Waals surface area contributed by atoms with Crippen LogP contribution in [0.2, 0.25) is 0 Å². The number of fused-ring (bicyclic) bond motifs is 1. The quantitative estimate of drug-likeness (QED) is 0.889. The molecule has 0 bridgehead atoms. The molecule has 2 aliphatic heterocycles. The van der Waals surface area contributed by atoms with Gasteiger partial charge in [-0.3, -0.25) is 4.68 Å². The second kappa shape index (κ2) is 7.66. The number of hydrogen-bond donors (Lipinski definition) is 2. The van der Waals surface area contributed by atoms with Crippen LogP contribution < -0.4 is 10.6 Å². The molecule has 26 heavy (non-hydrogen) atoms. The molecule has 2 fully saturated rings. The topological polar surface area (TPSA) is 62.2 Å². The maximum absolute atomic E-state index is 12.7. The smallest absolute Gasteiger partial charge is 0.317 e. The Morgan fingerprint density at radius 1 is 1.27 bits per heavy atom. The molecule has 1 atom stereocenters. The minimum Gasteiger partial charge on any atom is -0.334 e. The van der Waals surface area contributed by atoms with Crippen LogP contribution in [-0.2, 0) is 13.6 Å². The lowest BCUT2D eigenvalue weighted by atomic mass is 9.80. The van der Waals surface area contributed by atoms with Crippen molar-refractivity contribution in [3.05, 3.63) is 30.0 Å². The number of nitrogens with zero attached hydrogens (tertiary/aromatic N) is 3. The molecule has 3 heterocycles. The second-order valence-electron chi connectivity index (χ2n) is 7.79. The number of likely N-dealkylation sites (tertiary alicyclic amines) is 1. The Hall–Kier alpha value is -2.08. The lowest BCUT2D eigenvalue weighted by Crippen LogP contribution is -2.47. The number of urea groups is 1. The van der Waals surface area contributed by atoms with Crippen LogP contribution in [0.5, 0.6) is 0 Å². The van der Waals surface area contributed by atoms with Gasteiger partial charge in [0, 0.05) is 38.3 Å². The van der Waals surface area contributed by atoms with E-state index in [0.29, 0.717) is 12.5 Å². The molecule has 2 amide bonds. The molecule has 0 spiro atoms. The molecule has 0 aliphatic carbocycles. The summed E-state index contributed by atoms with van der Waals surface area (Å²) in [6, 6.07) is 6.27. The predicted octanol–water partition coefficient (Wildman–Crippen LogP) is 2.49. The molecule has 2 aromatic rings. The van der Waals surface area contributed by atoms with Crippen LogP contribution in [0.1, 0.15) is 31.2 Å². The molecule has 1 unspecified atom stereocenters.